The third-order valence-electron chi connectivity index (χ3n) is 2.83. The lowest BCUT2D eigenvalue weighted by Gasteiger charge is -2.12. The molecule has 0 fully saturated rings. The normalized spacial score (nSPS) is 12.4. The summed E-state index contributed by atoms with van der Waals surface area (Å²) in [5, 5.41) is 11.0. The second-order valence-corrected chi connectivity index (χ2v) is 5.27. The lowest BCUT2D eigenvalue weighted by Crippen LogP contribution is -2.14. The van der Waals surface area contributed by atoms with Gasteiger partial charge in [0.05, 0.1) is 6.10 Å². The Morgan fingerprint density at radius 3 is 2.53 bits per heavy atom. The second-order valence-electron chi connectivity index (χ2n) is 4.43. The summed E-state index contributed by atoms with van der Waals surface area (Å²) in [5.41, 5.74) is 1.69. The first-order valence-electron chi connectivity index (χ1n) is 5.91. The van der Waals surface area contributed by atoms with Crippen molar-refractivity contribution < 1.29 is 9.50 Å². The standard InChI is InChI=1S/C15H13Cl2FO/c16-12-3-1-2-10(6-12)7-14(19)8-11-4-5-13(18)9-15(11)17/h1-6,9,14,19H,7-8H2. The van der Waals surface area contributed by atoms with Gasteiger partial charge in [-0.2, -0.15) is 0 Å². The van der Waals surface area contributed by atoms with Crippen LogP contribution in [0.4, 0.5) is 4.39 Å². The van der Waals surface area contributed by atoms with Gasteiger partial charge in [0.2, 0.25) is 0 Å². The van der Waals surface area contributed by atoms with Crippen molar-refractivity contribution in [3.63, 3.8) is 0 Å². The molecule has 0 spiro atoms. The maximum absolute atomic E-state index is 12.9. The fraction of sp³-hybridized carbons (Fsp3) is 0.200. The highest BCUT2D eigenvalue weighted by Gasteiger charge is 2.10. The molecule has 0 aromatic heterocycles. The lowest BCUT2D eigenvalue weighted by atomic mass is 10.0. The summed E-state index contributed by atoms with van der Waals surface area (Å²) in [6.45, 7) is 0. The van der Waals surface area contributed by atoms with Gasteiger partial charge >= 0.3 is 0 Å². The first-order valence-corrected chi connectivity index (χ1v) is 6.66. The Hall–Kier alpha value is -1.09. The van der Waals surface area contributed by atoms with Crippen LogP contribution in [0, 0.1) is 5.82 Å². The molecule has 0 heterocycles. The van der Waals surface area contributed by atoms with Crippen molar-refractivity contribution in [2.45, 2.75) is 18.9 Å². The Kier molecular flexibility index (Phi) is 4.81. The van der Waals surface area contributed by atoms with Gasteiger partial charge in [-0.15, -0.1) is 0 Å². The van der Waals surface area contributed by atoms with Crippen molar-refractivity contribution in [2.75, 3.05) is 0 Å². The van der Waals surface area contributed by atoms with E-state index in [0.29, 0.717) is 22.9 Å². The molecule has 19 heavy (non-hydrogen) atoms. The van der Waals surface area contributed by atoms with E-state index < -0.39 is 6.10 Å². The van der Waals surface area contributed by atoms with Gasteiger partial charge in [-0.05, 0) is 41.8 Å². The summed E-state index contributed by atoms with van der Waals surface area (Å²) in [7, 11) is 0. The van der Waals surface area contributed by atoms with Crippen molar-refractivity contribution in [3.8, 4) is 0 Å². The Balaban J connectivity index is 2.03. The third-order valence-corrected chi connectivity index (χ3v) is 3.42. The predicted molar refractivity (Wildman–Crippen MR) is 76.3 cm³/mol. The molecule has 4 heteroatoms. The Morgan fingerprint density at radius 2 is 1.84 bits per heavy atom. The summed E-state index contributed by atoms with van der Waals surface area (Å²) in [5.74, 6) is -0.377. The van der Waals surface area contributed by atoms with Crippen molar-refractivity contribution in [1.82, 2.24) is 0 Å². The van der Waals surface area contributed by atoms with E-state index in [0.717, 1.165) is 11.1 Å². The zero-order valence-electron chi connectivity index (χ0n) is 10.1. The Bertz CT molecular complexity index is 572. The van der Waals surface area contributed by atoms with Crippen LogP contribution >= 0.6 is 23.2 Å². The fourth-order valence-electron chi connectivity index (χ4n) is 1.95. The van der Waals surface area contributed by atoms with Crippen LogP contribution in [0.15, 0.2) is 42.5 Å². The van der Waals surface area contributed by atoms with Gasteiger partial charge in [-0.1, -0.05) is 41.4 Å². The number of halogens is 3. The smallest absolute Gasteiger partial charge is 0.124 e. The maximum atomic E-state index is 12.9. The van der Waals surface area contributed by atoms with Crippen LogP contribution < -0.4 is 0 Å². The number of aliphatic hydroxyl groups is 1. The third kappa shape index (κ3) is 4.20. The van der Waals surface area contributed by atoms with Gasteiger partial charge in [0, 0.05) is 16.5 Å². The number of hydrogen-bond donors (Lipinski definition) is 1. The highest BCUT2D eigenvalue weighted by molar-refractivity contribution is 6.31. The highest BCUT2D eigenvalue weighted by Crippen LogP contribution is 2.20. The molecule has 0 aliphatic carbocycles. The number of hydrogen-bond acceptors (Lipinski definition) is 1. The van der Waals surface area contributed by atoms with Crippen LogP contribution in [0.25, 0.3) is 0 Å². The molecule has 0 saturated carbocycles. The summed E-state index contributed by atoms with van der Waals surface area (Å²) >= 11 is 11.8. The predicted octanol–water partition coefficient (Wildman–Crippen LogP) is 4.28. The molecule has 2 aromatic carbocycles. The number of aliphatic hydroxyl groups excluding tert-OH is 1. The van der Waals surface area contributed by atoms with Gasteiger partial charge in [0.1, 0.15) is 5.82 Å². The zero-order valence-corrected chi connectivity index (χ0v) is 11.6. The van der Waals surface area contributed by atoms with E-state index in [1.54, 1.807) is 12.1 Å². The van der Waals surface area contributed by atoms with Crippen LogP contribution in [-0.2, 0) is 12.8 Å². The monoisotopic (exact) mass is 298 g/mol. The van der Waals surface area contributed by atoms with Crippen LogP contribution in [0.5, 0.6) is 0 Å². The van der Waals surface area contributed by atoms with E-state index in [9.17, 15) is 9.50 Å². The fourth-order valence-corrected chi connectivity index (χ4v) is 2.41. The molecule has 0 saturated heterocycles. The molecule has 1 atom stereocenters. The summed E-state index contributed by atoms with van der Waals surface area (Å²) in [6, 6.07) is 11.5. The average Bonchev–Trinajstić information content (AvgIpc) is 2.33. The molecule has 1 nitrogen and oxygen atoms in total. The van der Waals surface area contributed by atoms with Crippen LogP contribution in [0.3, 0.4) is 0 Å². The molecule has 0 amide bonds. The SMILES string of the molecule is OC(Cc1cccc(Cl)c1)Cc1ccc(F)cc1Cl. The number of benzene rings is 2. The lowest BCUT2D eigenvalue weighted by molar-refractivity contribution is 0.175. The topological polar surface area (TPSA) is 20.2 Å². The van der Waals surface area contributed by atoms with E-state index >= 15 is 0 Å². The van der Waals surface area contributed by atoms with Gasteiger partial charge < -0.3 is 5.11 Å². The molecule has 2 rings (SSSR count). The van der Waals surface area contributed by atoms with Crippen molar-refractivity contribution in [2.24, 2.45) is 0 Å². The minimum Gasteiger partial charge on any atom is -0.392 e. The molecule has 0 bridgehead atoms. The molecular weight excluding hydrogens is 286 g/mol. The molecule has 1 unspecified atom stereocenters. The van der Waals surface area contributed by atoms with Gasteiger partial charge in [0.25, 0.3) is 0 Å². The maximum Gasteiger partial charge on any atom is 0.124 e. The first-order chi connectivity index (χ1) is 9.04. The molecular formula is C15H13Cl2FO. The molecule has 0 aliphatic rings. The molecule has 100 valence electrons. The minimum atomic E-state index is -0.582. The van der Waals surface area contributed by atoms with Gasteiger partial charge in [0.15, 0.2) is 0 Å². The van der Waals surface area contributed by atoms with E-state index in [1.807, 2.05) is 18.2 Å². The largest absolute Gasteiger partial charge is 0.392 e. The van der Waals surface area contributed by atoms with E-state index in [2.05, 4.69) is 0 Å². The Labute approximate surface area is 121 Å². The first kappa shape index (κ1) is 14.3. The van der Waals surface area contributed by atoms with Crippen LogP contribution in [-0.4, -0.2) is 11.2 Å². The van der Waals surface area contributed by atoms with Gasteiger partial charge in [-0.25, -0.2) is 4.39 Å². The summed E-state index contributed by atoms with van der Waals surface area (Å²) in [6.07, 6.45) is 0.279. The van der Waals surface area contributed by atoms with E-state index in [-0.39, 0.29) is 5.82 Å². The molecule has 1 N–H and O–H groups in total. The minimum absolute atomic E-state index is 0.338. The second kappa shape index (κ2) is 6.38. The van der Waals surface area contributed by atoms with Crippen molar-refractivity contribution in [1.29, 1.82) is 0 Å². The summed E-state index contributed by atoms with van der Waals surface area (Å²) in [4.78, 5) is 0. The average molecular weight is 299 g/mol. The quantitative estimate of drug-likeness (QED) is 0.893. The van der Waals surface area contributed by atoms with Crippen molar-refractivity contribution in [3.05, 3.63) is 69.5 Å². The molecule has 0 radical (unpaired) electrons. The van der Waals surface area contributed by atoms with E-state index in [4.69, 9.17) is 23.2 Å². The van der Waals surface area contributed by atoms with Crippen LogP contribution in [0.2, 0.25) is 10.0 Å². The molecule has 2 aromatic rings. The van der Waals surface area contributed by atoms with Gasteiger partial charge in [-0.3, -0.25) is 0 Å². The molecule has 0 aliphatic heterocycles. The highest BCUT2D eigenvalue weighted by atomic mass is 35.5. The number of rotatable bonds is 4. The Morgan fingerprint density at radius 1 is 1.05 bits per heavy atom. The zero-order chi connectivity index (χ0) is 13.8. The van der Waals surface area contributed by atoms with E-state index in [1.165, 1.54) is 12.1 Å². The summed E-state index contributed by atoms with van der Waals surface area (Å²) < 4.78 is 12.9. The van der Waals surface area contributed by atoms with Crippen LogP contribution in [0.1, 0.15) is 11.1 Å². The van der Waals surface area contributed by atoms with Crippen molar-refractivity contribution >= 4 is 23.2 Å².